The molecule has 0 aliphatic heterocycles. The number of rotatable bonds is 60. The molecule has 0 heterocycles. The summed E-state index contributed by atoms with van der Waals surface area (Å²) in [6, 6.07) is 0. The molecule has 0 saturated heterocycles. The molecule has 80 heavy (non-hydrogen) atoms. The molecular weight excluding hydrogens is 985 g/mol. The van der Waals surface area contributed by atoms with Gasteiger partial charge in [-0.15, -0.1) is 0 Å². The summed E-state index contributed by atoms with van der Waals surface area (Å²) in [6.07, 6.45) is 93.9. The molecule has 0 aromatic carbocycles. The molecule has 0 radical (unpaired) electrons. The molecule has 0 aromatic rings. The van der Waals surface area contributed by atoms with Crippen molar-refractivity contribution in [3.63, 3.8) is 0 Å². The summed E-state index contributed by atoms with van der Waals surface area (Å²) in [5.74, 6) is -0.950. The quantitative estimate of drug-likeness (QED) is 0.0261. The Morgan fingerprint density at radius 2 is 0.500 bits per heavy atom. The normalized spacial score (nSPS) is 12.9. The standard InChI is InChI=1S/C74H124O6/c1-4-7-10-13-16-19-22-24-26-28-29-30-31-32-33-34-35-36-37-38-39-40-41-42-43-44-45-47-48-50-52-55-58-61-64-67-73(76)79-70-71(69-78-72(75)66-63-60-57-54-21-18-15-12-9-6-3)80-74(77)68-65-62-59-56-53-51-49-46-27-25-23-20-17-14-11-8-5-2/h7-8,10-11,16-17,19-20,24-27,29-30,32-33,49,51,56,59,71H,4-6,9,12-15,18,21-23,28,31,34-48,50,52-55,57-58,60-70H2,1-3H3/b10-7-,11-8-,19-16-,20-17-,26-24-,27-25-,30-29-,33-32-,51-49-,59-56-. The fourth-order valence-electron chi connectivity index (χ4n) is 9.27. The van der Waals surface area contributed by atoms with Crippen LogP contribution in [0.2, 0.25) is 0 Å². The first kappa shape index (κ1) is 75.8. The predicted octanol–water partition coefficient (Wildman–Crippen LogP) is 23.2. The molecule has 6 heteroatoms. The number of allylic oxidation sites excluding steroid dienone is 20. The molecule has 456 valence electrons. The summed E-state index contributed by atoms with van der Waals surface area (Å²) >= 11 is 0. The lowest BCUT2D eigenvalue weighted by atomic mass is 10.0. The zero-order valence-electron chi connectivity index (χ0n) is 52.3. The Morgan fingerprint density at radius 3 is 0.800 bits per heavy atom. The van der Waals surface area contributed by atoms with Gasteiger partial charge < -0.3 is 14.2 Å². The number of ether oxygens (including phenoxy) is 3. The zero-order valence-corrected chi connectivity index (χ0v) is 52.3. The van der Waals surface area contributed by atoms with Crippen molar-refractivity contribution in [1.29, 1.82) is 0 Å². The van der Waals surface area contributed by atoms with Gasteiger partial charge in [0, 0.05) is 19.3 Å². The van der Waals surface area contributed by atoms with Crippen LogP contribution >= 0.6 is 0 Å². The van der Waals surface area contributed by atoms with Crippen molar-refractivity contribution in [2.45, 2.75) is 316 Å². The highest BCUT2D eigenvalue weighted by atomic mass is 16.6. The molecule has 0 rings (SSSR count). The van der Waals surface area contributed by atoms with E-state index in [0.717, 1.165) is 109 Å². The SMILES string of the molecule is CC/C=C\C/C=C\C/C=C\C/C=C\C/C=C\CCCCCCCCCCCCCCCCCCCCCC(=O)OCC(COC(=O)CCCCCCCCCCCC)OC(=O)CCC/C=C\C/C=C\C/C=C\C/C=C\C/C=C\CC. The lowest BCUT2D eigenvalue weighted by Crippen LogP contribution is -2.30. The van der Waals surface area contributed by atoms with Crippen molar-refractivity contribution in [3.05, 3.63) is 122 Å². The molecule has 1 atom stereocenters. The topological polar surface area (TPSA) is 78.9 Å². The predicted molar refractivity (Wildman–Crippen MR) is 348 cm³/mol. The van der Waals surface area contributed by atoms with Gasteiger partial charge in [0.25, 0.3) is 0 Å². The van der Waals surface area contributed by atoms with E-state index in [0.29, 0.717) is 19.3 Å². The van der Waals surface area contributed by atoms with Crippen LogP contribution in [0.5, 0.6) is 0 Å². The minimum Gasteiger partial charge on any atom is -0.462 e. The largest absolute Gasteiger partial charge is 0.462 e. The Balaban J connectivity index is 4.13. The maximum Gasteiger partial charge on any atom is 0.306 e. The van der Waals surface area contributed by atoms with Crippen LogP contribution in [0.3, 0.4) is 0 Å². The molecule has 0 bridgehead atoms. The number of esters is 3. The number of unbranched alkanes of at least 4 members (excludes halogenated alkanes) is 29. The third kappa shape index (κ3) is 64.6. The van der Waals surface area contributed by atoms with E-state index in [1.165, 1.54) is 154 Å². The Labute approximate surface area is 494 Å². The smallest absolute Gasteiger partial charge is 0.306 e. The maximum absolute atomic E-state index is 12.8. The highest BCUT2D eigenvalue weighted by Gasteiger charge is 2.19. The number of hydrogen-bond donors (Lipinski definition) is 0. The van der Waals surface area contributed by atoms with E-state index in [1.807, 2.05) is 0 Å². The van der Waals surface area contributed by atoms with Crippen LogP contribution in [0.15, 0.2) is 122 Å². The average molecular weight is 1110 g/mol. The molecular formula is C74H124O6. The third-order valence-electron chi connectivity index (χ3n) is 14.2. The van der Waals surface area contributed by atoms with Gasteiger partial charge in [0.2, 0.25) is 0 Å². The van der Waals surface area contributed by atoms with Gasteiger partial charge in [-0.3, -0.25) is 14.4 Å². The van der Waals surface area contributed by atoms with Gasteiger partial charge in [0.15, 0.2) is 6.10 Å². The summed E-state index contributed by atoms with van der Waals surface area (Å²) in [7, 11) is 0. The minimum atomic E-state index is -0.806. The van der Waals surface area contributed by atoms with Gasteiger partial charge in [-0.1, -0.05) is 309 Å². The Kier molecular flexibility index (Phi) is 63.8. The summed E-state index contributed by atoms with van der Waals surface area (Å²) in [5.41, 5.74) is 0. The van der Waals surface area contributed by atoms with Crippen LogP contribution in [-0.4, -0.2) is 37.2 Å². The van der Waals surface area contributed by atoms with E-state index in [4.69, 9.17) is 14.2 Å². The number of hydrogen-bond acceptors (Lipinski definition) is 6. The van der Waals surface area contributed by atoms with Crippen LogP contribution in [0.25, 0.3) is 0 Å². The molecule has 1 unspecified atom stereocenters. The van der Waals surface area contributed by atoms with Crippen molar-refractivity contribution < 1.29 is 28.6 Å². The van der Waals surface area contributed by atoms with Crippen LogP contribution in [-0.2, 0) is 28.6 Å². The fraction of sp³-hybridized carbons (Fsp3) is 0.689. The lowest BCUT2D eigenvalue weighted by Gasteiger charge is -2.18. The Morgan fingerprint density at radius 1 is 0.263 bits per heavy atom. The molecule has 0 aromatic heterocycles. The van der Waals surface area contributed by atoms with Crippen molar-refractivity contribution in [1.82, 2.24) is 0 Å². The first-order valence-corrected chi connectivity index (χ1v) is 33.5. The second kappa shape index (κ2) is 67.3. The Bertz CT molecular complexity index is 1650. The van der Waals surface area contributed by atoms with E-state index >= 15 is 0 Å². The first-order valence-electron chi connectivity index (χ1n) is 33.5. The molecule has 0 amide bonds. The van der Waals surface area contributed by atoms with E-state index in [1.54, 1.807) is 0 Å². The lowest BCUT2D eigenvalue weighted by molar-refractivity contribution is -0.167. The van der Waals surface area contributed by atoms with Crippen molar-refractivity contribution in [2.24, 2.45) is 0 Å². The first-order chi connectivity index (χ1) is 39.5. The molecule has 6 nitrogen and oxygen atoms in total. The molecule has 0 spiro atoms. The van der Waals surface area contributed by atoms with E-state index < -0.39 is 6.10 Å². The van der Waals surface area contributed by atoms with Gasteiger partial charge in [-0.2, -0.15) is 0 Å². The van der Waals surface area contributed by atoms with Crippen molar-refractivity contribution in [3.8, 4) is 0 Å². The summed E-state index contributed by atoms with van der Waals surface area (Å²) in [4.78, 5) is 38.2. The molecule has 0 aliphatic carbocycles. The number of carbonyl (C=O) groups is 3. The van der Waals surface area contributed by atoms with Crippen LogP contribution in [0, 0.1) is 0 Å². The minimum absolute atomic E-state index is 0.0978. The zero-order chi connectivity index (χ0) is 57.8. The molecule has 0 fully saturated rings. The Hall–Kier alpha value is -4.19. The van der Waals surface area contributed by atoms with E-state index in [-0.39, 0.29) is 37.5 Å². The molecule has 0 saturated carbocycles. The van der Waals surface area contributed by atoms with E-state index in [2.05, 4.69) is 142 Å². The van der Waals surface area contributed by atoms with Crippen molar-refractivity contribution >= 4 is 17.9 Å². The van der Waals surface area contributed by atoms with Gasteiger partial charge in [-0.25, -0.2) is 0 Å². The average Bonchev–Trinajstić information content (AvgIpc) is 3.46. The monoisotopic (exact) mass is 1110 g/mol. The summed E-state index contributed by atoms with van der Waals surface area (Å²) in [5, 5.41) is 0. The van der Waals surface area contributed by atoms with Crippen LogP contribution < -0.4 is 0 Å². The highest BCUT2D eigenvalue weighted by Crippen LogP contribution is 2.17. The second-order valence-corrected chi connectivity index (χ2v) is 22.0. The molecule has 0 N–H and O–H groups in total. The van der Waals surface area contributed by atoms with Gasteiger partial charge in [-0.05, 0) is 103 Å². The molecule has 0 aliphatic rings. The van der Waals surface area contributed by atoms with Gasteiger partial charge >= 0.3 is 17.9 Å². The fourth-order valence-corrected chi connectivity index (χ4v) is 9.27. The number of carbonyl (C=O) groups excluding carboxylic acids is 3. The van der Waals surface area contributed by atoms with Crippen LogP contribution in [0.1, 0.15) is 310 Å². The van der Waals surface area contributed by atoms with Gasteiger partial charge in [0.05, 0.1) is 0 Å². The maximum atomic E-state index is 12.8. The van der Waals surface area contributed by atoms with Crippen molar-refractivity contribution in [2.75, 3.05) is 13.2 Å². The third-order valence-corrected chi connectivity index (χ3v) is 14.2. The summed E-state index contributed by atoms with van der Waals surface area (Å²) in [6.45, 7) is 6.37. The van der Waals surface area contributed by atoms with E-state index in [9.17, 15) is 14.4 Å². The second-order valence-electron chi connectivity index (χ2n) is 22.0. The summed E-state index contributed by atoms with van der Waals surface area (Å²) < 4.78 is 16.8. The highest BCUT2D eigenvalue weighted by molar-refractivity contribution is 5.71. The van der Waals surface area contributed by atoms with Crippen LogP contribution in [0.4, 0.5) is 0 Å². The van der Waals surface area contributed by atoms with Gasteiger partial charge in [0.1, 0.15) is 13.2 Å².